The molecular weight excluding hydrogens is 236 g/mol. The van der Waals surface area contributed by atoms with Crippen LogP contribution >= 0.6 is 0 Å². The minimum absolute atomic E-state index is 0.0103. The Morgan fingerprint density at radius 2 is 1.84 bits per heavy atom. The van der Waals surface area contributed by atoms with E-state index >= 15 is 0 Å². The molecule has 1 saturated carbocycles. The summed E-state index contributed by atoms with van der Waals surface area (Å²) in [5.74, 6) is 0. The van der Waals surface area contributed by atoms with E-state index in [4.69, 9.17) is 0 Å². The molecule has 2 amide bonds. The first-order valence-electron chi connectivity index (χ1n) is 7.34. The van der Waals surface area contributed by atoms with Gasteiger partial charge in [0.25, 0.3) is 0 Å². The molecule has 3 heteroatoms. The summed E-state index contributed by atoms with van der Waals surface area (Å²) in [6, 6.07) is 8.56. The molecule has 0 unspecified atom stereocenters. The van der Waals surface area contributed by atoms with Crippen molar-refractivity contribution in [2.75, 3.05) is 11.9 Å². The fourth-order valence-electron chi connectivity index (χ4n) is 2.59. The van der Waals surface area contributed by atoms with E-state index in [0.717, 1.165) is 24.9 Å². The highest BCUT2D eigenvalue weighted by Gasteiger charge is 2.18. The van der Waals surface area contributed by atoms with Gasteiger partial charge in [-0.2, -0.15) is 0 Å². The van der Waals surface area contributed by atoms with Crippen molar-refractivity contribution in [1.82, 2.24) is 5.32 Å². The van der Waals surface area contributed by atoms with Gasteiger partial charge >= 0.3 is 6.03 Å². The molecule has 0 spiro atoms. The molecule has 3 nitrogen and oxygen atoms in total. The van der Waals surface area contributed by atoms with Crippen LogP contribution in [0.5, 0.6) is 0 Å². The topological polar surface area (TPSA) is 32.3 Å². The Morgan fingerprint density at radius 1 is 1.21 bits per heavy atom. The largest absolute Gasteiger partial charge is 0.335 e. The van der Waals surface area contributed by atoms with Gasteiger partial charge in [-0.25, -0.2) is 4.79 Å². The first kappa shape index (κ1) is 13.9. The quantitative estimate of drug-likeness (QED) is 0.882. The van der Waals surface area contributed by atoms with Crippen molar-refractivity contribution in [1.29, 1.82) is 0 Å². The molecule has 1 fully saturated rings. The molecule has 1 aliphatic rings. The van der Waals surface area contributed by atoms with E-state index < -0.39 is 0 Å². The molecule has 19 heavy (non-hydrogen) atoms. The standard InChI is InChI=1S/C16H24N2O/c1-3-13-9-11-15(12-10-13)18(2)16(19)17-14-7-5-4-6-8-14/h9-12,14H,3-8H2,1-2H3,(H,17,19). The second kappa shape index (κ2) is 6.60. The Morgan fingerprint density at radius 3 is 2.42 bits per heavy atom. The highest BCUT2D eigenvalue weighted by molar-refractivity contribution is 5.91. The van der Waals surface area contributed by atoms with Gasteiger partial charge in [0.2, 0.25) is 0 Å². The number of benzene rings is 1. The van der Waals surface area contributed by atoms with Crippen LogP contribution in [0.2, 0.25) is 0 Å². The van der Waals surface area contributed by atoms with E-state index in [9.17, 15) is 4.79 Å². The zero-order valence-corrected chi connectivity index (χ0v) is 12.0. The van der Waals surface area contributed by atoms with Crippen LogP contribution in [0.3, 0.4) is 0 Å². The van der Waals surface area contributed by atoms with Gasteiger partial charge in [-0.3, -0.25) is 4.90 Å². The van der Waals surface area contributed by atoms with Crippen LogP contribution in [-0.4, -0.2) is 19.1 Å². The number of nitrogens with one attached hydrogen (secondary N) is 1. The number of carbonyl (C=O) groups is 1. The van der Waals surface area contributed by atoms with Crippen molar-refractivity contribution in [3.8, 4) is 0 Å². The lowest BCUT2D eigenvalue weighted by Crippen LogP contribution is -2.43. The Bertz CT molecular complexity index is 407. The number of aryl methyl sites for hydroxylation is 1. The third kappa shape index (κ3) is 3.72. The first-order valence-corrected chi connectivity index (χ1v) is 7.34. The predicted molar refractivity (Wildman–Crippen MR) is 79.6 cm³/mol. The first-order chi connectivity index (χ1) is 9.20. The lowest BCUT2D eigenvalue weighted by molar-refractivity contribution is 0.239. The lowest BCUT2D eigenvalue weighted by Gasteiger charge is -2.26. The average molecular weight is 260 g/mol. The van der Waals surface area contributed by atoms with E-state index in [1.165, 1.54) is 24.8 Å². The Balaban J connectivity index is 1.93. The van der Waals surface area contributed by atoms with Crippen LogP contribution in [0.1, 0.15) is 44.6 Å². The Kier molecular flexibility index (Phi) is 4.83. The second-order valence-electron chi connectivity index (χ2n) is 5.36. The summed E-state index contributed by atoms with van der Waals surface area (Å²) in [6.07, 6.45) is 7.04. The van der Waals surface area contributed by atoms with Crippen molar-refractivity contribution < 1.29 is 4.79 Å². The maximum Gasteiger partial charge on any atom is 0.321 e. The molecule has 0 atom stereocenters. The van der Waals surface area contributed by atoms with Gasteiger partial charge in [0, 0.05) is 18.8 Å². The predicted octanol–water partition coefficient (Wildman–Crippen LogP) is 3.73. The molecule has 0 heterocycles. The Labute approximate surface area is 116 Å². The van der Waals surface area contributed by atoms with Crippen molar-refractivity contribution in [3.63, 3.8) is 0 Å². The van der Waals surface area contributed by atoms with Crippen LogP contribution < -0.4 is 10.2 Å². The third-order valence-electron chi connectivity index (χ3n) is 3.97. The van der Waals surface area contributed by atoms with Gasteiger partial charge in [0.15, 0.2) is 0 Å². The van der Waals surface area contributed by atoms with Crippen molar-refractivity contribution in [2.45, 2.75) is 51.5 Å². The van der Waals surface area contributed by atoms with E-state index in [2.05, 4.69) is 24.4 Å². The number of hydrogen-bond donors (Lipinski definition) is 1. The van der Waals surface area contributed by atoms with E-state index in [1.807, 2.05) is 19.2 Å². The van der Waals surface area contributed by atoms with Gasteiger partial charge in [-0.1, -0.05) is 38.3 Å². The van der Waals surface area contributed by atoms with Crippen LogP contribution in [0.25, 0.3) is 0 Å². The maximum atomic E-state index is 12.2. The normalized spacial score (nSPS) is 16.1. The number of carbonyl (C=O) groups excluding carboxylic acids is 1. The molecule has 1 aromatic carbocycles. The maximum absolute atomic E-state index is 12.2. The number of hydrogen-bond acceptors (Lipinski definition) is 1. The van der Waals surface area contributed by atoms with Crippen molar-refractivity contribution >= 4 is 11.7 Å². The second-order valence-corrected chi connectivity index (χ2v) is 5.36. The number of rotatable bonds is 3. The summed E-state index contributed by atoms with van der Waals surface area (Å²) < 4.78 is 0. The minimum Gasteiger partial charge on any atom is -0.335 e. The van der Waals surface area contributed by atoms with Crippen LogP contribution in [0.4, 0.5) is 10.5 Å². The summed E-state index contributed by atoms with van der Waals surface area (Å²) in [5, 5.41) is 3.13. The number of amides is 2. The minimum atomic E-state index is 0.0103. The van der Waals surface area contributed by atoms with Crippen LogP contribution in [0, 0.1) is 0 Å². The summed E-state index contributed by atoms with van der Waals surface area (Å²) in [7, 11) is 1.83. The SMILES string of the molecule is CCc1ccc(N(C)C(=O)NC2CCCCC2)cc1. The summed E-state index contributed by atoms with van der Waals surface area (Å²) >= 11 is 0. The zero-order chi connectivity index (χ0) is 13.7. The van der Waals surface area contributed by atoms with E-state index in [1.54, 1.807) is 4.90 Å². The molecule has 2 rings (SSSR count). The van der Waals surface area contributed by atoms with Gasteiger partial charge < -0.3 is 5.32 Å². The summed E-state index contributed by atoms with van der Waals surface area (Å²) in [4.78, 5) is 13.9. The molecule has 1 aromatic rings. The number of urea groups is 1. The van der Waals surface area contributed by atoms with E-state index in [-0.39, 0.29) is 6.03 Å². The van der Waals surface area contributed by atoms with Crippen LogP contribution in [-0.2, 0) is 6.42 Å². The van der Waals surface area contributed by atoms with Gasteiger partial charge in [-0.15, -0.1) is 0 Å². The highest BCUT2D eigenvalue weighted by atomic mass is 16.2. The molecule has 0 bridgehead atoms. The summed E-state index contributed by atoms with van der Waals surface area (Å²) in [5.41, 5.74) is 2.25. The number of nitrogens with zero attached hydrogens (tertiary/aromatic N) is 1. The number of anilines is 1. The fraction of sp³-hybridized carbons (Fsp3) is 0.562. The Hall–Kier alpha value is -1.51. The monoisotopic (exact) mass is 260 g/mol. The molecule has 0 saturated heterocycles. The molecule has 0 aromatic heterocycles. The summed E-state index contributed by atoms with van der Waals surface area (Å²) in [6.45, 7) is 2.13. The van der Waals surface area contributed by atoms with Crippen LogP contribution in [0.15, 0.2) is 24.3 Å². The molecule has 0 radical (unpaired) electrons. The smallest absolute Gasteiger partial charge is 0.321 e. The average Bonchev–Trinajstić information content (AvgIpc) is 2.47. The fourth-order valence-corrected chi connectivity index (χ4v) is 2.59. The molecule has 1 aliphatic carbocycles. The zero-order valence-electron chi connectivity index (χ0n) is 12.0. The molecule has 0 aliphatic heterocycles. The lowest BCUT2D eigenvalue weighted by atomic mass is 9.96. The van der Waals surface area contributed by atoms with Crippen molar-refractivity contribution in [2.24, 2.45) is 0 Å². The molecular formula is C16H24N2O. The van der Waals surface area contributed by atoms with E-state index in [0.29, 0.717) is 6.04 Å². The third-order valence-corrected chi connectivity index (χ3v) is 3.97. The van der Waals surface area contributed by atoms with Crippen molar-refractivity contribution in [3.05, 3.63) is 29.8 Å². The molecule has 1 N–H and O–H groups in total. The van der Waals surface area contributed by atoms with Gasteiger partial charge in [0.05, 0.1) is 0 Å². The molecule has 104 valence electrons. The van der Waals surface area contributed by atoms with Gasteiger partial charge in [0.1, 0.15) is 0 Å². The van der Waals surface area contributed by atoms with Gasteiger partial charge in [-0.05, 0) is 37.0 Å². The highest BCUT2D eigenvalue weighted by Crippen LogP contribution is 2.19.